The lowest BCUT2D eigenvalue weighted by molar-refractivity contribution is -0.147. The lowest BCUT2D eigenvalue weighted by Crippen LogP contribution is -2.57. The van der Waals surface area contributed by atoms with E-state index >= 15 is 0 Å². The molecule has 0 unspecified atom stereocenters. The molecule has 2 amide bonds. The van der Waals surface area contributed by atoms with Crippen LogP contribution in [-0.2, 0) is 16.0 Å². The zero-order valence-corrected chi connectivity index (χ0v) is 20.5. The van der Waals surface area contributed by atoms with Gasteiger partial charge in [0.15, 0.2) is 5.13 Å². The van der Waals surface area contributed by atoms with Gasteiger partial charge in [0.05, 0.1) is 18.4 Å². The quantitative estimate of drug-likeness (QED) is 0.636. The van der Waals surface area contributed by atoms with Crippen LogP contribution in [0.3, 0.4) is 0 Å². The van der Waals surface area contributed by atoms with E-state index in [2.05, 4.69) is 19.2 Å². The fourth-order valence-electron chi connectivity index (χ4n) is 6.41. The van der Waals surface area contributed by atoms with Crippen molar-refractivity contribution >= 4 is 28.3 Å². The van der Waals surface area contributed by atoms with Gasteiger partial charge in [-0.25, -0.2) is 4.98 Å². The van der Waals surface area contributed by atoms with Crippen LogP contribution in [0, 0.1) is 22.7 Å². The van der Waals surface area contributed by atoms with E-state index in [-0.39, 0.29) is 35.7 Å². The molecule has 32 heavy (non-hydrogen) atoms. The van der Waals surface area contributed by atoms with Gasteiger partial charge in [0.25, 0.3) is 0 Å². The molecule has 3 aliphatic rings. The summed E-state index contributed by atoms with van der Waals surface area (Å²) in [6.07, 6.45) is 3.98. The summed E-state index contributed by atoms with van der Waals surface area (Å²) in [5, 5.41) is 24.6. The molecule has 2 fully saturated rings. The second kappa shape index (κ2) is 8.69. The van der Waals surface area contributed by atoms with Crippen molar-refractivity contribution in [3.8, 4) is 0 Å². The minimum Gasteiger partial charge on any atom is -0.396 e. The molecule has 1 aliphatic heterocycles. The number of fused-ring (bicyclic) bond motifs is 2. The average Bonchev–Trinajstić information content (AvgIpc) is 3.14. The fraction of sp³-hybridized carbons (Fsp3) is 0.792. The summed E-state index contributed by atoms with van der Waals surface area (Å²) >= 11 is 1.47. The number of rotatable bonds is 4. The van der Waals surface area contributed by atoms with E-state index in [1.165, 1.54) is 18.3 Å². The predicted molar refractivity (Wildman–Crippen MR) is 124 cm³/mol. The first-order valence-corrected chi connectivity index (χ1v) is 12.7. The molecular formula is C24H37N3O4S. The molecule has 0 spiro atoms. The molecule has 0 bridgehead atoms. The Balaban J connectivity index is 1.71. The second-order valence-electron chi connectivity index (χ2n) is 10.8. The van der Waals surface area contributed by atoms with Gasteiger partial charge in [-0.15, -0.1) is 11.3 Å². The maximum absolute atomic E-state index is 13.4. The molecule has 1 aromatic rings. The van der Waals surface area contributed by atoms with Crippen molar-refractivity contribution in [3.05, 3.63) is 10.6 Å². The van der Waals surface area contributed by atoms with Crippen LogP contribution in [0.2, 0.25) is 0 Å². The highest BCUT2D eigenvalue weighted by molar-refractivity contribution is 7.15. The number of hydrogen-bond acceptors (Lipinski definition) is 6. The summed E-state index contributed by atoms with van der Waals surface area (Å²) in [7, 11) is 0. The average molecular weight is 464 g/mol. The van der Waals surface area contributed by atoms with E-state index in [9.17, 15) is 19.8 Å². The van der Waals surface area contributed by atoms with Gasteiger partial charge < -0.3 is 20.4 Å². The summed E-state index contributed by atoms with van der Waals surface area (Å²) in [5.41, 5.74) is 0.0299. The van der Waals surface area contributed by atoms with E-state index < -0.39 is 11.5 Å². The molecule has 0 aromatic carbocycles. The van der Waals surface area contributed by atoms with Gasteiger partial charge in [-0.2, -0.15) is 0 Å². The maximum Gasteiger partial charge on any atom is 0.223 e. The third-order valence-electron chi connectivity index (χ3n) is 8.69. The zero-order valence-electron chi connectivity index (χ0n) is 19.7. The highest BCUT2D eigenvalue weighted by Crippen LogP contribution is 2.62. The van der Waals surface area contributed by atoms with Crippen molar-refractivity contribution in [2.75, 3.05) is 25.0 Å². The van der Waals surface area contributed by atoms with Crippen LogP contribution in [-0.4, -0.2) is 57.7 Å². The Hall–Kier alpha value is -1.51. The van der Waals surface area contributed by atoms with Gasteiger partial charge in [0.1, 0.15) is 0 Å². The van der Waals surface area contributed by atoms with Crippen LogP contribution in [0.4, 0.5) is 5.13 Å². The Morgan fingerprint density at radius 2 is 1.94 bits per heavy atom. The van der Waals surface area contributed by atoms with Crippen molar-refractivity contribution in [3.63, 3.8) is 0 Å². The minimum absolute atomic E-state index is 0.0288. The summed E-state index contributed by atoms with van der Waals surface area (Å²) in [4.78, 5) is 32.9. The Kier molecular flexibility index (Phi) is 6.42. The number of carbonyl (C=O) groups excluding carboxylic acids is 2. The Morgan fingerprint density at radius 3 is 2.56 bits per heavy atom. The number of aliphatic hydroxyl groups excluding tert-OH is 2. The van der Waals surface area contributed by atoms with E-state index in [1.807, 2.05) is 11.8 Å². The number of nitrogens with zero attached hydrogens (tertiary/aromatic N) is 2. The lowest BCUT2D eigenvalue weighted by Gasteiger charge is -2.58. The van der Waals surface area contributed by atoms with Crippen LogP contribution in [0.5, 0.6) is 0 Å². The van der Waals surface area contributed by atoms with Gasteiger partial charge in [-0.3, -0.25) is 9.59 Å². The second-order valence-corrected chi connectivity index (χ2v) is 11.9. The molecule has 2 aliphatic carbocycles. The van der Waals surface area contributed by atoms with Gasteiger partial charge in [0.2, 0.25) is 11.8 Å². The van der Waals surface area contributed by atoms with E-state index in [0.717, 1.165) is 42.9 Å². The normalized spacial score (nSPS) is 35.2. The van der Waals surface area contributed by atoms with E-state index in [0.29, 0.717) is 30.3 Å². The molecule has 2 heterocycles. The van der Waals surface area contributed by atoms with Crippen molar-refractivity contribution in [1.29, 1.82) is 0 Å². The van der Waals surface area contributed by atoms with Crippen molar-refractivity contribution in [1.82, 2.24) is 9.88 Å². The number of piperidine rings is 1. The first kappa shape index (κ1) is 23.6. The number of thiazole rings is 1. The predicted octanol–water partition coefficient (Wildman–Crippen LogP) is 3.17. The summed E-state index contributed by atoms with van der Waals surface area (Å²) in [6.45, 7) is 9.43. The number of aliphatic hydroxyl groups is 2. The molecular weight excluding hydrogens is 426 g/mol. The van der Waals surface area contributed by atoms with Crippen molar-refractivity contribution in [2.45, 2.75) is 78.2 Å². The minimum atomic E-state index is -0.634. The molecule has 7 nitrogen and oxygen atoms in total. The van der Waals surface area contributed by atoms with Gasteiger partial charge in [-0.05, 0) is 49.4 Å². The van der Waals surface area contributed by atoms with Gasteiger partial charge in [-0.1, -0.05) is 20.8 Å². The lowest BCUT2D eigenvalue weighted by atomic mass is 9.47. The molecule has 5 atom stereocenters. The topological polar surface area (TPSA) is 103 Å². The number of anilines is 1. The van der Waals surface area contributed by atoms with Crippen molar-refractivity contribution in [2.24, 2.45) is 22.7 Å². The Morgan fingerprint density at radius 1 is 1.25 bits per heavy atom. The van der Waals surface area contributed by atoms with Crippen LogP contribution in [0.1, 0.15) is 76.3 Å². The first-order chi connectivity index (χ1) is 15.1. The zero-order chi connectivity index (χ0) is 23.3. The molecule has 1 aromatic heterocycles. The smallest absolute Gasteiger partial charge is 0.223 e. The van der Waals surface area contributed by atoms with E-state index in [4.69, 9.17) is 4.98 Å². The third kappa shape index (κ3) is 3.99. The van der Waals surface area contributed by atoms with Gasteiger partial charge >= 0.3 is 0 Å². The van der Waals surface area contributed by atoms with Crippen LogP contribution >= 0.6 is 11.3 Å². The Labute approximate surface area is 194 Å². The largest absolute Gasteiger partial charge is 0.396 e. The first-order valence-electron chi connectivity index (χ1n) is 11.9. The molecule has 3 N–H and O–H groups in total. The SMILES string of the molecule is CC(=O)Nc1nc2c(s1)C[C@@H]1[C@](C)(CO)[C@H](O)CC[C@@]1(C)[C@@H]2CC(=O)N1CCC(C)CC1. The number of carbonyl (C=O) groups is 2. The molecule has 4 rings (SSSR count). The van der Waals surface area contributed by atoms with Crippen molar-refractivity contribution < 1.29 is 19.8 Å². The summed E-state index contributed by atoms with van der Waals surface area (Å²) < 4.78 is 0. The highest BCUT2D eigenvalue weighted by Gasteiger charge is 2.59. The maximum atomic E-state index is 13.4. The number of hydrogen-bond donors (Lipinski definition) is 3. The number of amides is 2. The monoisotopic (exact) mass is 463 g/mol. The summed E-state index contributed by atoms with van der Waals surface area (Å²) in [5.74, 6) is 0.596. The number of likely N-dealkylation sites (tertiary alicyclic amines) is 1. The number of nitrogens with one attached hydrogen (secondary N) is 1. The van der Waals surface area contributed by atoms with Gasteiger partial charge in [0, 0.05) is 42.6 Å². The Bertz CT molecular complexity index is 881. The molecule has 178 valence electrons. The molecule has 1 saturated heterocycles. The molecule has 1 saturated carbocycles. The number of aromatic nitrogens is 1. The fourth-order valence-corrected chi connectivity index (χ4v) is 7.53. The van der Waals surface area contributed by atoms with Crippen LogP contribution < -0.4 is 5.32 Å². The highest BCUT2D eigenvalue weighted by atomic mass is 32.1. The standard InChI is InChI=1S/C24H37N3O4S/c1-14-6-9-27(10-7-14)20(31)11-16-21-17(32-22(26-21)25-15(2)29)12-18-23(16,3)8-5-19(30)24(18,4)13-28/h14,16,18-19,28,30H,5-13H2,1-4H3,(H,25,26,29)/t16-,18+,19-,23+,24+/m1/s1. The van der Waals surface area contributed by atoms with Crippen LogP contribution in [0.25, 0.3) is 0 Å². The molecule has 8 heteroatoms. The van der Waals surface area contributed by atoms with E-state index in [1.54, 1.807) is 0 Å². The molecule has 0 radical (unpaired) electrons. The van der Waals surface area contributed by atoms with Crippen LogP contribution in [0.15, 0.2) is 0 Å². The summed E-state index contributed by atoms with van der Waals surface area (Å²) in [6, 6.07) is 0. The third-order valence-corrected chi connectivity index (χ3v) is 9.70.